The van der Waals surface area contributed by atoms with E-state index in [1.807, 2.05) is 0 Å². The van der Waals surface area contributed by atoms with E-state index in [9.17, 15) is 0 Å². The van der Waals surface area contributed by atoms with Gasteiger partial charge < -0.3 is 0 Å². The third kappa shape index (κ3) is 25.5. The zero-order valence-corrected chi connectivity index (χ0v) is 20.1. The molecule has 0 fully saturated rings. The smallest absolute Gasteiger partial charge is 0.0274 e. The lowest BCUT2D eigenvalue weighted by Crippen LogP contribution is -2.06. The van der Waals surface area contributed by atoms with E-state index >= 15 is 0 Å². The van der Waals surface area contributed by atoms with Crippen LogP contribution in [0.3, 0.4) is 0 Å². The Kier molecular flexibility index (Phi) is 14.1. The summed E-state index contributed by atoms with van der Waals surface area (Å²) in [5, 5.41) is 0. The van der Waals surface area contributed by atoms with E-state index < -0.39 is 0 Å². The van der Waals surface area contributed by atoms with Crippen LogP contribution < -0.4 is 0 Å². The van der Waals surface area contributed by atoms with Crippen molar-refractivity contribution in [3.05, 3.63) is 35.9 Å². The molecule has 0 saturated carbocycles. The molecule has 0 spiro atoms. The Hall–Kier alpha value is -0.780. The third-order valence-electron chi connectivity index (χ3n) is 4.01. The SMILES string of the molecule is CC(C)(C)CCc1ccccc1.CCCC(C)(C)C.CCCC(C)(C)C. The summed E-state index contributed by atoms with van der Waals surface area (Å²) in [7, 11) is 0. The summed E-state index contributed by atoms with van der Waals surface area (Å²) in [6, 6.07) is 10.7. The molecule has 0 aromatic heterocycles. The second-order valence-corrected chi connectivity index (χ2v) is 11.2. The molecular formula is C26H50. The van der Waals surface area contributed by atoms with Gasteiger partial charge in [0.15, 0.2) is 0 Å². The summed E-state index contributed by atoms with van der Waals surface area (Å²) in [4.78, 5) is 0. The number of rotatable bonds is 4. The van der Waals surface area contributed by atoms with Gasteiger partial charge in [0.25, 0.3) is 0 Å². The molecule has 0 atom stereocenters. The zero-order chi connectivity index (χ0) is 20.9. The van der Waals surface area contributed by atoms with Gasteiger partial charge in [0.2, 0.25) is 0 Å². The molecule has 0 heteroatoms. The minimum absolute atomic E-state index is 0.454. The predicted molar refractivity (Wildman–Crippen MR) is 123 cm³/mol. The van der Waals surface area contributed by atoms with E-state index in [4.69, 9.17) is 0 Å². The molecule has 0 N–H and O–H groups in total. The molecule has 0 nitrogen and oxygen atoms in total. The van der Waals surface area contributed by atoms with Gasteiger partial charge in [-0.05, 0) is 47.5 Å². The molecule has 0 saturated heterocycles. The normalized spacial score (nSPS) is 11.8. The van der Waals surface area contributed by atoms with Gasteiger partial charge in [-0.3, -0.25) is 0 Å². The van der Waals surface area contributed by atoms with Crippen molar-refractivity contribution in [2.75, 3.05) is 0 Å². The van der Waals surface area contributed by atoms with Gasteiger partial charge >= 0.3 is 0 Å². The minimum atomic E-state index is 0.454. The van der Waals surface area contributed by atoms with Crippen molar-refractivity contribution in [3.8, 4) is 0 Å². The van der Waals surface area contributed by atoms with Crippen LogP contribution >= 0.6 is 0 Å². The van der Waals surface area contributed by atoms with Crippen LogP contribution in [0.25, 0.3) is 0 Å². The van der Waals surface area contributed by atoms with Crippen LogP contribution in [0.2, 0.25) is 0 Å². The Morgan fingerprint density at radius 2 is 0.885 bits per heavy atom. The first-order valence-corrected chi connectivity index (χ1v) is 10.7. The van der Waals surface area contributed by atoms with Crippen LogP contribution in [0.5, 0.6) is 0 Å². The highest BCUT2D eigenvalue weighted by atomic mass is 14.1. The second kappa shape index (κ2) is 13.4. The molecule has 1 aromatic rings. The van der Waals surface area contributed by atoms with Gasteiger partial charge in [-0.15, -0.1) is 0 Å². The Morgan fingerprint density at radius 3 is 1.12 bits per heavy atom. The largest absolute Gasteiger partial charge is 0.0654 e. The summed E-state index contributed by atoms with van der Waals surface area (Å²) in [6.45, 7) is 25.0. The number of hydrogen-bond acceptors (Lipinski definition) is 0. The lowest BCUT2D eigenvalue weighted by Gasteiger charge is -2.17. The van der Waals surface area contributed by atoms with Gasteiger partial charge in [0.05, 0.1) is 0 Å². The van der Waals surface area contributed by atoms with Crippen molar-refractivity contribution in [1.29, 1.82) is 0 Å². The third-order valence-corrected chi connectivity index (χ3v) is 4.01. The fourth-order valence-corrected chi connectivity index (χ4v) is 2.66. The van der Waals surface area contributed by atoms with E-state index in [1.54, 1.807) is 0 Å². The molecule has 0 aliphatic heterocycles. The molecule has 1 aromatic carbocycles. The standard InChI is InChI=1S/C12H18.2C7H16/c1-12(2,3)10-9-11-7-5-4-6-8-11;2*1-5-6-7(2,3)4/h4-8H,9-10H2,1-3H3;2*5-6H2,1-4H3. The lowest BCUT2D eigenvalue weighted by molar-refractivity contribution is 0.373. The molecule has 0 heterocycles. The summed E-state index contributed by atoms with van der Waals surface area (Å²) >= 11 is 0. The van der Waals surface area contributed by atoms with Crippen LogP contribution in [0, 0.1) is 16.2 Å². The molecule has 0 unspecified atom stereocenters. The van der Waals surface area contributed by atoms with Crippen LogP contribution in [0.1, 0.15) is 114 Å². The molecule has 0 aliphatic rings. The Labute approximate surface area is 167 Å². The Balaban J connectivity index is 0. The molecule has 26 heavy (non-hydrogen) atoms. The quantitative estimate of drug-likeness (QED) is 0.500. The van der Waals surface area contributed by atoms with Crippen molar-refractivity contribution >= 4 is 0 Å². The first-order chi connectivity index (χ1) is 11.7. The van der Waals surface area contributed by atoms with E-state index in [2.05, 4.69) is 106 Å². The van der Waals surface area contributed by atoms with Crippen LogP contribution in [-0.4, -0.2) is 0 Å². The molecule has 0 radical (unpaired) electrons. The minimum Gasteiger partial charge on any atom is -0.0654 e. The van der Waals surface area contributed by atoms with Crippen molar-refractivity contribution in [1.82, 2.24) is 0 Å². The Morgan fingerprint density at radius 1 is 0.538 bits per heavy atom. The first kappa shape index (κ1) is 27.4. The molecule has 1 rings (SSSR count). The highest BCUT2D eigenvalue weighted by molar-refractivity contribution is 5.14. The summed E-state index contributed by atoms with van der Waals surface area (Å²) in [5.41, 5.74) is 3.01. The van der Waals surface area contributed by atoms with E-state index in [0.29, 0.717) is 16.2 Å². The number of aryl methyl sites for hydroxylation is 1. The van der Waals surface area contributed by atoms with Crippen molar-refractivity contribution < 1.29 is 0 Å². The molecular weight excluding hydrogens is 312 g/mol. The highest BCUT2D eigenvalue weighted by Gasteiger charge is 2.09. The fraction of sp³-hybridized carbons (Fsp3) is 0.769. The second-order valence-electron chi connectivity index (χ2n) is 11.2. The average molecular weight is 363 g/mol. The summed E-state index contributed by atoms with van der Waals surface area (Å²) in [5.74, 6) is 0. The molecule has 0 amide bonds. The fourth-order valence-electron chi connectivity index (χ4n) is 2.66. The van der Waals surface area contributed by atoms with Crippen molar-refractivity contribution in [2.24, 2.45) is 16.2 Å². The van der Waals surface area contributed by atoms with Crippen LogP contribution in [-0.2, 0) is 6.42 Å². The maximum atomic E-state index is 2.29. The maximum Gasteiger partial charge on any atom is -0.0274 e. The zero-order valence-electron chi connectivity index (χ0n) is 20.1. The topological polar surface area (TPSA) is 0 Å². The van der Waals surface area contributed by atoms with Gasteiger partial charge in [-0.25, -0.2) is 0 Å². The number of benzene rings is 1. The maximum absolute atomic E-state index is 2.29. The first-order valence-electron chi connectivity index (χ1n) is 10.7. The lowest BCUT2D eigenvalue weighted by atomic mass is 9.89. The van der Waals surface area contributed by atoms with E-state index in [-0.39, 0.29) is 0 Å². The van der Waals surface area contributed by atoms with Crippen LogP contribution in [0.4, 0.5) is 0 Å². The molecule has 0 bridgehead atoms. The summed E-state index contributed by atoms with van der Waals surface area (Å²) in [6.07, 6.45) is 7.76. The molecule has 154 valence electrons. The van der Waals surface area contributed by atoms with Crippen LogP contribution in [0.15, 0.2) is 30.3 Å². The monoisotopic (exact) mass is 362 g/mol. The van der Waals surface area contributed by atoms with Gasteiger partial charge in [-0.2, -0.15) is 0 Å². The Bertz CT molecular complexity index is 390. The van der Waals surface area contributed by atoms with Crippen molar-refractivity contribution in [3.63, 3.8) is 0 Å². The van der Waals surface area contributed by atoms with E-state index in [0.717, 1.165) is 0 Å². The number of hydrogen-bond donors (Lipinski definition) is 0. The summed E-state index contributed by atoms with van der Waals surface area (Å²) < 4.78 is 0. The highest BCUT2D eigenvalue weighted by Crippen LogP contribution is 2.21. The van der Waals surface area contributed by atoms with Gasteiger partial charge in [-0.1, -0.05) is 119 Å². The van der Waals surface area contributed by atoms with Gasteiger partial charge in [0.1, 0.15) is 0 Å². The predicted octanol–water partition coefficient (Wildman–Crippen LogP) is 9.33. The van der Waals surface area contributed by atoms with Gasteiger partial charge in [0, 0.05) is 0 Å². The van der Waals surface area contributed by atoms with Crippen molar-refractivity contribution in [2.45, 2.75) is 115 Å². The average Bonchev–Trinajstić information content (AvgIpc) is 2.44. The molecule has 0 aliphatic carbocycles. The van der Waals surface area contributed by atoms with E-state index in [1.165, 1.54) is 44.1 Å².